The summed E-state index contributed by atoms with van der Waals surface area (Å²) in [6.45, 7) is 4.68. The highest BCUT2D eigenvalue weighted by molar-refractivity contribution is 14.1. The molecule has 0 aliphatic heterocycles. The van der Waals surface area contributed by atoms with E-state index >= 15 is 0 Å². The second-order valence-corrected chi connectivity index (χ2v) is 11.5. The van der Waals surface area contributed by atoms with Crippen molar-refractivity contribution in [3.8, 4) is 0 Å². The molecule has 160 valence electrons. The van der Waals surface area contributed by atoms with E-state index in [0.717, 1.165) is 8.86 Å². The molecule has 4 atom stereocenters. The average molecular weight is 602 g/mol. The number of alkyl halides is 2. The molecule has 2 aliphatic rings. The minimum absolute atomic E-state index is 0.00379. The summed E-state index contributed by atoms with van der Waals surface area (Å²) in [6.07, 6.45) is 19.6. The smallest absolute Gasteiger partial charge is 0.0302 e. The van der Waals surface area contributed by atoms with Gasteiger partial charge in [-0.1, -0.05) is 110 Å². The number of halogens is 2. The molecular weight excluding hydrogens is 558 g/mol. The van der Waals surface area contributed by atoms with Gasteiger partial charge in [0.05, 0.1) is 0 Å². The second-order valence-electron chi connectivity index (χ2n) is 9.94. The first-order valence-electron chi connectivity index (χ1n) is 11.6. The van der Waals surface area contributed by atoms with Gasteiger partial charge < -0.3 is 11.5 Å². The van der Waals surface area contributed by atoms with Crippen LogP contribution in [0.25, 0.3) is 0 Å². The van der Waals surface area contributed by atoms with Crippen LogP contribution in [-0.2, 0) is 0 Å². The molecule has 0 spiro atoms. The SMILES string of the molecule is CCCCC1(CC2(CCCC)CCCCC2(N)CI)CCCCC1(N)CI. The fourth-order valence-electron chi connectivity index (χ4n) is 6.38. The summed E-state index contributed by atoms with van der Waals surface area (Å²) in [4.78, 5) is 0. The minimum Gasteiger partial charge on any atom is -0.324 e. The maximum atomic E-state index is 7.26. The van der Waals surface area contributed by atoms with Gasteiger partial charge in [-0.15, -0.1) is 0 Å². The van der Waals surface area contributed by atoms with Gasteiger partial charge in [0.1, 0.15) is 0 Å². The maximum Gasteiger partial charge on any atom is 0.0302 e. The molecule has 0 bridgehead atoms. The van der Waals surface area contributed by atoms with E-state index in [0.29, 0.717) is 10.8 Å². The average Bonchev–Trinajstić information content (AvgIpc) is 2.69. The van der Waals surface area contributed by atoms with Crippen LogP contribution in [0.5, 0.6) is 0 Å². The third-order valence-electron chi connectivity index (χ3n) is 8.34. The lowest BCUT2D eigenvalue weighted by Gasteiger charge is -2.60. The van der Waals surface area contributed by atoms with Gasteiger partial charge in [0.2, 0.25) is 0 Å². The van der Waals surface area contributed by atoms with Gasteiger partial charge in [0.15, 0.2) is 0 Å². The Morgan fingerprint density at radius 1 is 0.667 bits per heavy atom. The van der Waals surface area contributed by atoms with E-state index in [4.69, 9.17) is 11.5 Å². The monoisotopic (exact) mass is 602 g/mol. The number of hydrogen-bond acceptors (Lipinski definition) is 2. The Morgan fingerprint density at radius 2 is 1.04 bits per heavy atom. The third kappa shape index (κ3) is 5.00. The van der Waals surface area contributed by atoms with E-state index < -0.39 is 0 Å². The molecule has 0 radical (unpaired) electrons. The van der Waals surface area contributed by atoms with Crippen molar-refractivity contribution in [2.45, 2.75) is 121 Å². The number of nitrogens with two attached hydrogens (primary N) is 2. The molecule has 2 saturated carbocycles. The minimum atomic E-state index is 0.00379. The summed E-state index contributed by atoms with van der Waals surface area (Å²) in [5.41, 5.74) is 15.1. The standard InChI is InChI=1S/C23H44I2N2/c1-3-5-11-20(13-7-9-15-22(20,26)18-24)17-21(12-6-4-2)14-8-10-16-23(21,27)19-25/h3-19,26-27H2,1-2H3. The van der Waals surface area contributed by atoms with E-state index in [1.165, 1.54) is 96.3 Å². The van der Waals surface area contributed by atoms with Crippen molar-refractivity contribution in [1.82, 2.24) is 0 Å². The zero-order chi connectivity index (χ0) is 20.0. The molecule has 4 unspecified atom stereocenters. The molecule has 2 aliphatic carbocycles. The van der Waals surface area contributed by atoms with Crippen LogP contribution in [0.2, 0.25) is 0 Å². The highest BCUT2D eigenvalue weighted by Crippen LogP contribution is 2.60. The molecule has 2 fully saturated rings. The zero-order valence-corrected chi connectivity index (χ0v) is 22.2. The Labute approximate surface area is 196 Å². The van der Waals surface area contributed by atoms with Crippen molar-refractivity contribution >= 4 is 45.2 Å². The molecule has 0 aromatic carbocycles. The molecule has 0 saturated heterocycles. The first-order chi connectivity index (χ1) is 12.9. The van der Waals surface area contributed by atoms with Crippen molar-refractivity contribution in [2.24, 2.45) is 22.3 Å². The molecular formula is C23H44I2N2. The molecule has 4 heteroatoms. The van der Waals surface area contributed by atoms with Crippen LogP contribution < -0.4 is 11.5 Å². The van der Waals surface area contributed by atoms with Gasteiger partial charge in [-0.25, -0.2) is 0 Å². The lowest BCUT2D eigenvalue weighted by molar-refractivity contribution is -0.0441. The Morgan fingerprint density at radius 3 is 1.37 bits per heavy atom. The molecule has 0 aromatic heterocycles. The van der Waals surface area contributed by atoms with Crippen LogP contribution in [0.3, 0.4) is 0 Å². The summed E-state index contributed by atoms with van der Waals surface area (Å²) in [5, 5.41) is 0. The van der Waals surface area contributed by atoms with Crippen molar-refractivity contribution in [2.75, 3.05) is 8.86 Å². The zero-order valence-electron chi connectivity index (χ0n) is 17.9. The Bertz CT molecular complexity index is 420. The fourth-order valence-corrected chi connectivity index (χ4v) is 8.77. The molecule has 2 rings (SSSR count). The molecule has 0 heterocycles. The lowest BCUT2D eigenvalue weighted by atomic mass is 9.48. The van der Waals surface area contributed by atoms with E-state index in [-0.39, 0.29) is 11.1 Å². The van der Waals surface area contributed by atoms with Gasteiger partial charge in [-0.05, 0) is 55.8 Å². The van der Waals surface area contributed by atoms with Gasteiger partial charge in [0, 0.05) is 19.9 Å². The lowest BCUT2D eigenvalue weighted by Crippen LogP contribution is -2.65. The fraction of sp³-hybridized carbons (Fsp3) is 1.00. The van der Waals surface area contributed by atoms with Crippen molar-refractivity contribution < 1.29 is 0 Å². The van der Waals surface area contributed by atoms with E-state index in [1.807, 2.05) is 0 Å². The molecule has 0 amide bonds. The molecule has 27 heavy (non-hydrogen) atoms. The van der Waals surface area contributed by atoms with Gasteiger partial charge in [0.25, 0.3) is 0 Å². The Balaban J connectivity index is 2.46. The van der Waals surface area contributed by atoms with Crippen LogP contribution in [-0.4, -0.2) is 19.9 Å². The van der Waals surface area contributed by atoms with Gasteiger partial charge in [-0.3, -0.25) is 0 Å². The first-order valence-corrected chi connectivity index (χ1v) is 14.6. The van der Waals surface area contributed by atoms with Gasteiger partial charge >= 0.3 is 0 Å². The largest absolute Gasteiger partial charge is 0.324 e. The summed E-state index contributed by atoms with van der Waals surface area (Å²) in [6, 6.07) is 0. The predicted molar refractivity (Wildman–Crippen MR) is 137 cm³/mol. The Hall–Kier alpha value is 1.38. The summed E-state index contributed by atoms with van der Waals surface area (Å²) >= 11 is 5.18. The summed E-state index contributed by atoms with van der Waals surface area (Å²) < 4.78 is 2.19. The third-order valence-corrected chi connectivity index (χ3v) is 11.1. The number of unbranched alkanes of at least 4 members (excludes halogenated alkanes) is 2. The van der Waals surface area contributed by atoms with Crippen molar-refractivity contribution in [3.63, 3.8) is 0 Å². The van der Waals surface area contributed by atoms with Crippen molar-refractivity contribution in [3.05, 3.63) is 0 Å². The summed E-state index contributed by atoms with van der Waals surface area (Å²) in [5.74, 6) is 0. The quantitative estimate of drug-likeness (QED) is 0.206. The van der Waals surface area contributed by atoms with Crippen LogP contribution in [0.15, 0.2) is 0 Å². The Kier molecular flexibility index (Phi) is 9.68. The topological polar surface area (TPSA) is 52.0 Å². The van der Waals surface area contributed by atoms with Crippen LogP contribution in [0, 0.1) is 10.8 Å². The van der Waals surface area contributed by atoms with Crippen LogP contribution >= 0.6 is 45.2 Å². The first kappa shape index (κ1) is 24.6. The van der Waals surface area contributed by atoms with E-state index in [2.05, 4.69) is 59.0 Å². The second kappa shape index (κ2) is 10.6. The van der Waals surface area contributed by atoms with Gasteiger partial charge in [-0.2, -0.15) is 0 Å². The predicted octanol–water partition coefficient (Wildman–Crippen LogP) is 7.14. The number of rotatable bonds is 10. The maximum absolute atomic E-state index is 7.26. The van der Waals surface area contributed by atoms with Crippen LogP contribution in [0.4, 0.5) is 0 Å². The van der Waals surface area contributed by atoms with Crippen LogP contribution in [0.1, 0.15) is 110 Å². The van der Waals surface area contributed by atoms with E-state index in [9.17, 15) is 0 Å². The normalized spacial score (nSPS) is 40.2. The highest BCUT2D eigenvalue weighted by Gasteiger charge is 2.57. The highest BCUT2D eigenvalue weighted by atomic mass is 127. The van der Waals surface area contributed by atoms with Crippen molar-refractivity contribution in [1.29, 1.82) is 0 Å². The molecule has 2 nitrogen and oxygen atoms in total. The molecule has 4 N–H and O–H groups in total. The summed E-state index contributed by atoms with van der Waals surface area (Å²) in [7, 11) is 0. The van der Waals surface area contributed by atoms with E-state index in [1.54, 1.807) is 0 Å². The number of hydrogen-bond donors (Lipinski definition) is 2. The molecule has 0 aromatic rings.